The van der Waals surface area contributed by atoms with Crippen molar-refractivity contribution in [2.24, 2.45) is 0 Å². The van der Waals surface area contributed by atoms with E-state index in [0.29, 0.717) is 0 Å². The second kappa shape index (κ2) is 3.33. The molecule has 1 rings (SSSR count). The molecule has 0 bridgehead atoms. The maximum absolute atomic E-state index is 2.75. The minimum Gasteiger partial charge on any atom is -0.287 e. The molecule has 0 aromatic heterocycles. The molecule has 0 spiro atoms. The predicted molar refractivity (Wildman–Crippen MR) is 48.3 cm³/mol. The van der Waals surface area contributed by atoms with Crippen molar-refractivity contribution in [3.8, 4) is 0 Å². The van der Waals surface area contributed by atoms with Crippen molar-refractivity contribution < 1.29 is 0 Å². The molecule has 1 aliphatic heterocycles. The maximum Gasteiger partial charge on any atom is 0.0134 e. The van der Waals surface area contributed by atoms with Crippen LogP contribution in [0.2, 0.25) is 0 Å². The normalized spacial score (nSPS) is 26.2. The summed E-state index contributed by atoms with van der Waals surface area (Å²) in [4.78, 5) is 0. The lowest BCUT2D eigenvalue weighted by molar-refractivity contribution is 0.393. The Kier molecular flexibility index (Phi) is 3.01. The van der Waals surface area contributed by atoms with E-state index >= 15 is 0 Å². The van der Waals surface area contributed by atoms with Gasteiger partial charge in [0, 0.05) is 17.0 Å². The summed E-state index contributed by atoms with van der Waals surface area (Å²) in [7, 11) is 2.75. The lowest BCUT2D eigenvalue weighted by Crippen LogP contribution is -2.25. The zero-order chi connectivity index (χ0) is 5.98. The number of hydrogen-bond acceptors (Lipinski definition) is 1. The van der Waals surface area contributed by atoms with Crippen molar-refractivity contribution in [2.75, 3.05) is 13.1 Å². The van der Waals surface area contributed by atoms with Crippen LogP contribution >= 0.6 is 32.0 Å². The fraction of sp³-hybridized carbons (Fsp3) is 1.00. The molecule has 48 valence electrons. The van der Waals surface area contributed by atoms with Crippen molar-refractivity contribution in [2.45, 2.75) is 16.8 Å². The molecule has 1 heterocycles. The van der Waals surface area contributed by atoms with Crippen LogP contribution in [0.15, 0.2) is 0 Å². The molecule has 3 heteroatoms. The zero-order valence-corrected chi connectivity index (χ0v) is 8.12. The summed E-state index contributed by atoms with van der Waals surface area (Å²) < 4.78 is 3.25. The molecule has 0 aromatic rings. The Morgan fingerprint density at radius 2 is 1.88 bits per heavy atom. The van der Waals surface area contributed by atoms with Gasteiger partial charge < -0.3 is 0 Å². The fourth-order valence-corrected chi connectivity index (χ4v) is 1.72. The third kappa shape index (κ3) is 2.16. The molecule has 1 unspecified atom stereocenters. The van der Waals surface area contributed by atoms with Gasteiger partial charge in [0.25, 0.3) is 0 Å². The number of piperidine rings is 1. The zero-order valence-electron chi connectivity index (χ0n) is 4.81. The molecule has 0 aromatic carbocycles. The van der Waals surface area contributed by atoms with Crippen LogP contribution in [0.4, 0.5) is 0 Å². The number of halogens is 1. The molecule has 8 heavy (non-hydrogen) atoms. The van der Waals surface area contributed by atoms with Gasteiger partial charge in [-0.3, -0.25) is 4.67 Å². The monoisotopic (exact) mass is 243 g/mol. The molecule has 0 saturated carbocycles. The molecule has 1 saturated heterocycles. The first-order chi connectivity index (χ1) is 3.79. The summed E-state index contributed by atoms with van der Waals surface area (Å²) >= 11 is 2.53. The summed E-state index contributed by atoms with van der Waals surface area (Å²) in [6.45, 7) is 2.52. The largest absolute Gasteiger partial charge is 0.287 e. The maximum atomic E-state index is 2.75. The second-order valence-corrected chi connectivity index (χ2v) is 4.70. The van der Waals surface area contributed by atoms with Gasteiger partial charge in [-0.25, -0.2) is 0 Å². The Morgan fingerprint density at radius 1 is 1.38 bits per heavy atom. The highest BCUT2D eigenvalue weighted by Crippen LogP contribution is 2.19. The molecule has 0 amide bonds. The third-order valence-electron chi connectivity index (χ3n) is 1.46. The number of hydrogen-bond donors (Lipinski definition) is 0. The van der Waals surface area contributed by atoms with Gasteiger partial charge in [0.15, 0.2) is 0 Å². The molecule has 0 radical (unpaired) electrons. The summed E-state index contributed by atoms with van der Waals surface area (Å²) in [5.41, 5.74) is 0. The number of nitrogens with zero attached hydrogens (tertiary/aromatic N) is 1. The van der Waals surface area contributed by atoms with Crippen molar-refractivity contribution in [1.82, 2.24) is 4.67 Å². The van der Waals surface area contributed by atoms with Crippen molar-refractivity contribution in [3.05, 3.63) is 0 Å². The van der Waals surface area contributed by atoms with E-state index in [4.69, 9.17) is 0 Å². The fourth-order valence-electron chi connectivity index (χ4n) is 0.868. The topological polar surface area (TPSA) is 3.24 Å². The number of rotatable bonds is 0. The van der Waals surface area contributed by atoms with Gasteiger partial charge in [-0.2, -0.15) is 0 Å². The van der Waals surface area contributed by atoms with Crippen LogP contribution in [0, 0.1) is 0 Å². The molecule has 0 N–H and O–H groups in total. The Hall–Kier alpha value is 1.12. The van der Waals surface area contributed by atoms with E-state index in [-0.39, 0.29) is 0 Å². The highest BCUT2D eigenvalue weighted by molar-refractivity contribution is 14.1. The predicted octanol–water partition coefficient (Wildman–Crippen LogP) is 1.68. The van der Waals surface area contributed by atoms with Crippen LogP contribution in [0.5, 0.6) is 0 Å². The lowest BCUT2D eigenvalue weighted by atomic mass is 10.2. The highest BCUT2D eigenvalue weighted by atomic mass is 127. The van der Waals surface area contributed by atoms with E-state index < -0.39 is 0 Å². The average Bonchev–Trinajstić information content (AvgIpc) is 1.77. The van der Waals surface area contributed by atoms with Gasteiger partial charge in [0.05, 0.1) is 0 Å². The molecule has 1 nitrogen and oxygen atoms in total. The molecule has 1 aliphatic rings. The van der Waals surface area contributed by atoms with E-state index in [1.165, 1.54) is 25.9 Å². The van der Waals surface area contributed by atoms with Crippen LogP contribution in [0.3, 0.4) is 0 Å². The van der Waals surface area contributed by atoms with E-state index in [2.05, 4.69) is 36.7 Å². The van der Waals surface area contributed by atoms with Gasteiger partial charge in [-0.1, -0.05) is 32.0 Å². The van der Waals surface area contributed by atoms with Crippen molar-refractivity contribution >= 4 is 32.0 Å². The van der Waals surface area contributed by atoms with Crippen molar-refractivity contribution in [1.29, 1.82) is 0 Å². The molecular formula is C5H11INP. The SMILES string of the molecule is PN1CCC(I)CC1. The molecular weight excluding hydrogens is 232 g/mol. The molecule has 1 fully saturated rings. The lowest BCUT2D eigenvalue weighted by Gasteiger charge is -2.24. The van der Waals surface area contributed by atoms with Gasteiger partial charge in [0.1, 0.15) is 0 Å². The minimum atomic E-state index is 0.935. The first kappa shape index (κ1) is 7.23. The van der Waals surface area contributed by atoms with Crippen LogP contribution in [-0.4, -0.2) is 21.7 Å². The quantitative estimate of drug-likeness (QED) is 0.355. The minimum absolute atomic E-state index is 0.935. The highest BCUT2D eigenvalue weighted by Gasteiger charge is 2.12. The Morgan fingerprint density at radius 3 is 2.25 bits per heavy atom. The van der Waals surface area contributed by atoms with E-state index in [1.54, 1.807) is 0 Å². The first-order valence-corrected chi connectivity index (χ1v) is 4.69. The van der Waals surface area contributed by atoms with Gasteiger partial charge in [0.2, 0.25) is 0 Å². The van der Waals surface area contributed by atoms with Crippen LogP contribution in [0.25, 0.3) is 0 Å². The summed E-state index contributed by atoms with van der Waals surface area (Å²) in [5, 5.41) is 0. The standard InChI is InChI=1S/C5H11INP/c6-5-1-3-7(8)4-2-5/h5H,1-4,8H2. The van der Waals surface area contributed by atoms with Crippen molar-refractivity contribution in [3.63, 3.8) is 0 Å². The summed E-state index contributed by atoms with van der Waals surface area (Å²) in [6.07, 6.45) is 2.73. The Bertz CT molecular complexity index is 60.8. The molecule has 1 atom stereocenters. The van der Waals surface area contributed by atoms with E-state index in [1.807, 2.05) is 0 Å². The summed E-state index contributed by atoms with van der Waals surface area (Å²) in [6, 6.07) is 0. The Balaban J connectivity index is 2.19. The molecule has 0 aliphatic carbocycles. The second-order valence-electron chi connectivity index (χ2n) is 2.21. The van der Waals surface area contributed by atoms with Gasteiger partial charge in [-0.05, 0) is 12.8 Å². The average molecular weight is 243 g/mol. The van der Waals surface area contributed by atoms with Crippen LogP contribution in [-0.2, 0) is 0 Å². The smallest absolute Gasteiger partial charge is 0.0134 e. The van der Waals surface area contributed by atoms with E-state index in [0.717, 1.165) is 3.92 Å². The third-order valence-corrected chi connectivity index (χ3v) is 3.22. The van der Waals surface area contributed by atoms with Gasteiger partial charge >= 0.3 is 0 Å². The van der Waals surface area contributed by atoms with Crippen LogP contribution in [0.1, 0.15) is 12.8 Å². The Labute approximate surface area is 66.6 Å². The summed E-state index contributed by atoms with van der Waals surface area (Å²) in [5.74, 6) is 0. The van der Waals surface area contributed by atoms with Gasteiger partial charge in [-0.15, -0.1) is 0 Å². The van der Waals surface area contributed by atoms with E-state index in [9.17, 15) is 0 Å². The number of alkyl halides is 1. The first-order valence-electron chi connectivity index (χ1n) is 2.93. The van der Waals surface area contributed by atoms with Crippen LogP contribution < -0.4 is 0 Å².